The Morgan fingerprint density at radius 3 is 2.57 bits per heavy atom. The third kappa shape index (κ3) is 2.14. The summed E-state index contributed by atoms with van der Waals surface area (Å²) < 4.78 is 11.0. The zero-order valence-corrected chi connectivity index (χ0v) is 14.1. The topological polar surface area (TPSA) is 93.1 Å². The largest absolute Gasteiger partial charge is 0.465 e. The molecule has 1 spiro atoms. The van der Waals surface area contributed by atoms with E-state index >= 15 is 0 Å². The summed E-state index contributed by atoms with van der Waals surface area (Å²) in [6.45, 7) is 7.33. The van der Waals surface area contributed by atoms with E-state index in [1.165, 1.54) is 6.92 Å². The van der Waals surface area contributed by atoms with Gasteiger partial charge in [-0.2, -0.15) is 0 Å². The SMILES string of the molecule is CC(=O)O[C@@H]1CCC(C)(C)C2[C@@H](O)[C@@H](O)[C@H](C)C3C(=O)OC[C@@]321. The van der Waals surface area contributed by atoms with Crippen molar-refractivity contribution in [1.29, 1.82) is 0 Å². The van der Waals surface area contributed by atoms with Gasteiger partial charge in [-0.15, -0.1) is 0 Å². The maximum atomic E-state index is 12.4. The highest BCUT2D eigenvalue weighted by atomic mass is 16.6. The fraction of sp³-hybridized carbons (Fsp3) is 0.882. The van der Waals surface area contributed by atoms with Gasteiger partial charge in [0, 0.05) is 12.8 Å². The van der Waals surface area contributed by atoms with Gasteiger partial charge in [0.15, 0.2) is 0 Å². The van der Waals surface area contributed by atoms with Crippen LogP contribution < -0.4 is 0 Å². The van der Waals surface area contributed by atoms with E-state index in [1.807, 2.05) is 13.8 Å². The molecule has 1 heterocycles. The first-order valence-electron chi connectivity index (χ1n) is 8.33. The van der Waals surface area contributed by atoms with Gasteiger partial charge >= 0.3 is 11.9 Å². The van der Waals surface area contributed by atoms with Crippen molar-refractivity contribution in [3.05, 3.63) is 0 Å². The Bertz CT molecular complexity index is 529. The molecule has 0 aromatic heterocycles. The maximum Gasteiger partial charge on any atom is 0.310 e. The molecule has 0 aromatic carbocycles. The van der Waals surface area contributed by atoms with Crippen molar-refractivity contribution in [3.8, 4) is 0 Å². The van der Waals surface area contributed by atoms with E-state index in [-0.39, 0.29) is 23.9 Å². The van der Waals surface area contributed by atoms with Crippen LogP contribution in [0, 0.1) is 28.6 Å². The summed E-state index contributed by atoms with van der Waals surface area (Å²) in [7, 11) is 0. The van der Waals surface area contributed by atoms with Crippen molar-refractivity contribution in [2.75, 3.05) is 6.61 Å². The Kier molecular flexibility index (Phi) is 3.76. The average molecular weight is 326 g/mol. The molecule has 6 nitrogen and oxygen atoms in total. The molecular weight excluding hydrogens is 300 g/mol. The molecule has 2 unspecified atom stereocenters. The molecule has 3 aliphatic rings. The van der Waals surface area contributed by atoms with Crippen LogP contribution in [0.25, 0.3) is 0 Å². The van der Waals surface area contributed by atoms with Gasteiger partial charge in [-0.25, -0.2) is 0 Å². The fourth-order valence-electron chi connectivity index (χ4n) is 5.59. The first-order valence-corrected chi connectivity index (χ1v) is 8.33. The average Bonchev–Trinajstić information content (AvgIpc) is 2.77. The van der Waals surface area contributed by atoms with Crippen LogP contribution in [0.5, 0.6) is 0 Å². The Balaban J connectivity index is 2.15. The van der Waals surface area contributed by atoms with Gasteiger partial charge in [-0.3, -0.25) is 9.59 Å². The molecule has 6 heteroatoms. The summed E-state index contributed by atoms with van der Waals surface area (Å²) in [6, 6.07) is 0. The molecule has 130 valence electrons. The normalized spacial score (nSPS) is 48.2. The van der Waals surface area contributed by atoms with Gasteiger partial charge in [0.05, 0.1) is 23.5 Å². The molecule has 7 atom stereocenters. The molecule has 0 radical (unpaired) electrons. The van der Waals surface area contributed by atoms with Gasteiger partial charge in [0.2, 0.25) is 0 Å². The number of hydrogen-bond donors (Lipinski definition) is 2. The van der Waals surface area contributed by atoms with Crippen LogP contribution in [-0.4, -0.2) is 47.1 Å². The minimum Gasteiger partial charge on any atom is -0.465 e. The molecule has 23 heavy (non-hydrogen) atoms. The number of hydrogen-bond acceptors (Lipinski definition) is 6. The Labute approximate surface area is 136 Å². The number of aliphatic hydroxyl groups is 2. The number of esters is 2. The van der Waals surface area contributed by atoms with E-state index in [2.05, 4.69) is 0 Å². The predicted molar refractivity (Wildman–Crippen MR) is 80.1 cm³/mol. The van der Waals surface area contributed by atoms with Crippen molar-refractivity contribution < 1.29 is 29.3 Å². The van der Waals surface area contributed by atoms with Gasteiger partial charge in [-0.05, 0) is 24.2 Å². The molecule has 0 aromatic rings. The summed E-state index contributed by atoms with van der Waals surface area (Å²) in [4.78, 5) is 24.0. The number of aliphatic hydroxyl groups excluding tert-OH is 2. The lowest BCUT2D eigenvalue weighted by Crippen LogP contribution is -2.68. The first-order chi connectivity index (χ1) is 10.6. The fourth-order valence-corrected chi connectivity index (χ4v) is 5.59. The second-order valence-electron chi connectivity index (χ2n) is 8.14. The van der Waals surface area contributed by atoms with Gasteiger partial charge < -0.3 is 19.7 Å². The summed E-state index contributed by atoms with van der Waals surface area (Å²) >= 11 is 0. The molecule has 3 fully saturated rings. The molecular formula is C17H26O6. The Hall–Kier alpha value is -1.14. The lowest BCUT2D eigenvalue weighted by molar-refractivity contribution is -0.240. The summed E-state index contributed by atoms with van der Waals surface area (Å²) in [5.74, 6) is -2.12. The molecule has 0 amide bonds. The number of ether oxygens (including phenoxy) is 2. The molecule has 1 saturated heterocycles. The molecule has 2 saturated carbocycles. The summed E-state index contributed by atoms with van der Waals surface area (Å²) in [5, 5.41) is 21.3. The van der Waals surface area contributed by atoms with Crippen LogP contribution in [0.1, 0.15) is 40.5 Å². The van der Waals surface area contributed by atoms with E-state index in [0.717, 1.165) is 6.42 Å². The Morgan fingerprint density at radius 1 is 1.30 bits per heavy atom. The highest BCUT2D eigenvalue weighted by Gasteiger charge is 2.72. The molecule has 2 aliphatic carbocycles. The van der Waals surface area contributed by atoms with E-state index in [1.54, 1.807) is 6.92 Å². The van der Waals surface area contributed by atoms with E-state index < -0.39 is 41.5 Å². The van der Waals surface area contributed by atoms with Gasteiger partial charge in [0.1, 0.15) is 12.7 Å². The zero-order chi connectivity index (χ0) is 17.2. The minimum absolute atomic E-state index is 0.136. The van der Waals surface area contributed by atoms with Crippen molar-refractivity contribution >= 4 is 11.9 Å². The monoisotopic (exact) mass is 326 g/mol. The van der Waals surface area contributed by atoms with E-state index in [4.69, 9.17) is 9.47 Å². The second-order valence-corrected chi connectivity index (χ2v) is 8.14. The van der Waals surface area contributed by atoms with Crippen LogP contribution in [0.4, 0.5) is 0 Å². The minimum atomic E-state index is -0.987. The van der Waals surface area contributed by atoms with Crippen LogP contribution >= 0.6 is 0 Å². The number of carbonyl (C=O) groups excluding carboxylic acids is 2. The van der Waals surface area contributed by atoms with Crippen LogP contribution in [0.3, 0.4) is 0 Å². The summed E-state index contributed by atoms with van der Waals surface area (Å²) in [6.07, 6.45) is -1.05. The van der Waals surface area contributed by atoms with Crippen molar-refractivity contribution in [2.24, 2.45) is 28.6 Å². The first kappa shape index (κ1) is 16.7. The van der Waals surface area contributed by atoms with Crippen molar-refractivity contribution in [2.45, 2.75) is 58.8 Å². The lowest BCUT2D eigenvalue weighted by Gasteiger charge is -2.60. The van der Waals surface area contributed by atoms with Gasteiger partial charge in [-0.1, -0.05) is 20.8 Å². The number of carbonyl (C=O) groups is 2. The van der Waals surface area contributed by atoms with E-state index in [9.17, 15) is 19.8 Å². The highest BCUT2D eigenvalue weighted by Crippen LogP contribution is 2.64. The molecule has 0 bridgehead atoms. The van der Waals surface area contributed by atoms with Crippen molar-refractivity contribution in [1.82, 2.24) is 0 Å². The quantitative estimate of drug-likeness (QED) is 0.695. The standard InChI is InChI=1S/C17H26O6/c1-8-11-15(21)22-7-17(11)10(23-9(2)18)5-6-16(3,4)14(17)13(20)12(8)19/h8,10-14,19-20H,5-7H2,1-4H3/t8-,10-,11?,12+,13+,14?,17-/m1/s1. The Morgan fingerprint density at radius 2 is 1.96 bits per heavy atom. The van der Waals surface area contributed by atoms with Crippen LogP contribution in [0.2, 0.25) is 0 Å². The van der Waals surface area contributed by atoms with Crippen molar-refractivity contribution in [3.63, 3.8) is 0 Å². The van der Waals surface area contributed by atoms with Crippen LogP contribution in [0.15, 0.2) is 0 Å². The molecule has 1 aliphatic heterocycles. The van der Waals surface area contributed by atoms with Crippen LogP contribution in [-0.2, 0) is 19.1 Å². The molecule has 2 N–H and O–H groups in total. The predicted octanol–water partition coefficient (Wildman–Crippen LogP) is 0.885. The van der Waals surface area contributed by atoms with E-state index in [0.29, 0.717) is 6.42 Å². The smallest absolute Gasteiger partial charge is 0.310 e. The maximum absolute atomic E-state index is 12.4. The molecule has 3 rings (SSSR count). The third-order valence-corrected chi connectivity index (χ3v) is 6.43. The lowest BCUT2D eigenvalue weighted by atomic mass is 9.44. The number of rotatable bonds is 1. The number of cyclic esters (lactones) is 1. The summed E-state index contributed by atoms with van der Waals surface area (Å²) in [5.41, 5.74) is -1.05. The second kappa shape index (κ2) is 5.18. The zero-order valence-electron chi connectivity index (χ0n) is 14.1. The third-order valence-electron chi connectivity index (χ3n) is 6.43. The highest BCUT2D eigenvalue weighted by molar-refractivity contribution is 5.77. The van der Waals surface area contributed by atoms with Gasteiger partial charge in [0.25, 0.3) is 0 Å².